The van der Waals surface area contributed by atoms with Gasteiger partial charge in [-0.3, -0.25) is 4.79 Å². The Morgan fingerprint density at radius 1 is 1.31 bits per heavy atom. The SMILES string of the molecule is COc1ccc(C(=O)CNS(C)(=O)=O)cc1. The summed E-state index contributed by atoms with van der Waals surface area (Å²) in [6, 6.07) is 6.47. The molecule has 1 aromatic carbocycles. The van der Waals surface area contributed by atoms with Crippen LogP contribution < -0.4 is 9.46 Å². The van der Waals surface area contributed by atoms with E-state index in [0.717, 1.165) is 6.26 Å². The van der Waals surface area contributed by atoms with Crippen LogP contribution in [0.5, 0.6) is 5.75 Å². The van der Waals surface area contributed by atoms with Crippen LogP contribution in [0.4, 0.5) is 0 Å². The second-order valence-electron chi connectivity index (χ2n) is 3.24. The van der Waals surface area contributed by atoms with E-state index in [-0.39, 0.29) is 12.3 Å². The average Bonchev–Trinajstić information content (AvgIpc) is 2.25. The Balaban J connectivity index is 2.66. The van der Waals surface area contributed by atoms with Crippen LogP contribution in [0.2, 0.25) is 0 Å². The highest BCUT2D eigenvalue weighted by Crippen LogP contribution is 2.11. The van der Waals surface area contributed by atoms with Crippen LogP contribution in [0.15, 0.2) is 24.3 Å². The molecule has 0 fully saturated rings. The lowest BCUT2D eigenvalue weighted by Crippen LogP contribution is -2.28. The Morgan fingerprint density at radius 2 is 1.88 bits per heavy atom. The molecular weight excluding hydrogens is 230 g/mol. The molecule has 0 aliphatic heterocycles. The number of nitrogens with one attached hydrogen (secondary N) is 1. The van der Waals surface area contributed by atoms with E-state index in [1.807, 2.05) is 0 Å². The largest absolute Gasteiger partial charge is 0.497 e. The van der Waals surface area contributed by atoms with E-state index >= 15 is 0 Å². The number of ether oxygens (including phenoxy) is 1. The minimum Gasteiger partial charge on any atom is -0.497 e. The summed E-state index contributed by atoms with van der Waals surface area (Å²) in [6.07, 6.45) is 1.01. The molecule has 16 heavy (non-hydrogen) atoms. The van der Waals surface area contributed by atoms with Gasteiger partial charge in [0.25, 0.3) is 0 Å². The van der Waals surface area contributed by atoms with E-state index in [4.69, 9.17) is 4.74 Å². The van der Waals surface area contributed by atoms with E-state index in [9.17, 15) is 13.2 Å². The van der Waals surface area contributed by atoms with E-state index in [2.05, 4.69) is 4.72 Å². The lowest BCUT2D eigenvalue weighted by molar-refractivity contribution is 0.0997. The molecule has 0 amide bonds. The van der Waals surface area contributed by atoms with E-state index < -0.39 is 10.0 Å². The maximum Gasteiger partial charge on any atom is 0.209 e. The Hall–Kier alpha value is -1.40. The molecule has 0 bridgehead atoms. The van der Waals surface area contributed by atoms with Crippen molar-refractivity contribution < 1.29 is 17.9 Å². The fourth-order valence-corrected chi connectivity index (χ4v) is 1.47. The summed E-state index contributed by atoms with van der Waals surface area (Å²) in [5.41, 5.74) is 0.442. The highest BCUT2D eigenvalue weighted by molar-refractivity contribution is 7.88. The summed E-state index contributed by atoms with van der Waals surface area (Å²) in [4.78, 5) is 11.5. The van der Waals surface area contributed by atoms with Crippen molar-refractivity contribution >= 4 is 15.8 Å². The second-order valence-corrected chi connectivity index (χ2v) is 5.08. The highest BCUT2D eigenvalue weighted by atomic mass is 32.2. The monoisotopic (exact) mass is 243 g/mol. The molecule has 1 N–H and O–H groups in total. The van der Waals surface area contributed by atoms with Gasteiger partial charge in [0.1, 0.15) is 5.75 Å². The van der Waals surface area contributed by atoms with Gasteiger partial charge in [-0.2, -0.15) is 0 Å². The minimum atomic E-state index is -3.34. The zero-order chi connectivity index (χ0) is 12.2. The molecule has 88 valence electrons. The number of sulfonamides is 1. The smallest absolute Gasteiger partial charge is 0.209 e. The maximum absolute atomic E-state index is 11.5. The van der Waals surface area contributed by atoms with Gasteiger partial charge in [0, 0.05) is 5.56 Å². The average molecular weight is 243 g/mol. The summed E-state index contributed by atoms with van der Waals surface area (Å²) in [7, 11) is -1.81. The molecule has 6 heteroatoms. The molecular formula is C10H13NO4S. The quantitative estimate of drug-likeness (QED) is 0.761. The van der Waals surface area contributed by atoms with Crippen molar-refractivity contribution in [3.8, 4) is 5.75 Å². The molecule has 0 aliphatic carbocycles. The third-order valence-corrected chi connectivity index (χ3v) is 2.58. The zero-order valence-corrected chi connectivity index (χ0v) is 9.87. The molecule has 1 rings (SSSR count). The summed E-state index contributed by atoms with van der Waals surface area (Å²) < 4.78 is 28.6. The fourth-order valence-electron chi connectivity index (χ4n) is 1.08. The van der Waals surface area contributed by atoms with Gasteiger partial charge in [0.15, 0.2) is 5.78 Å². The molecule has 1 aromatic rings. The zero-order valence-electron chi connectivity index (χ0n) is 9.06. The first-order valence-electron chi connectivity index (χ1n) is 4.54. The van der Waals surface area contributed by atoms with Crippen LogP contribution in [-0.2, 0) is 10.0 Å². The van der Waals surface area contributed by atoms with Crippen molar-refractivity contribution in [3.63, 3.8) is 0 Å². The topological polar surface area (TPSA) is 72.5 Å². The Labute approximate surface area is 94.5 Å². The Bertz CT molecular complexity index is 464. The van der Waals surface area contributed by atoms with Crippen molar-refractivity contribution in [3.05, 3.63) is 29.8 Å². The summed E-state index contributed by atoms with van der Waals surface area (Å²) in [6.45, 7) is -0.231. The lowest BCUT2D eigenvalue weighted by atomic mass is 10.1. The number of hydrogen-bond acceptors (Lipinski definition) is 4. The van der Waals surface area contributed by atoms with E-state index in [1.165, 1.54) is 7.11 Å². The normalized spacial score (nSPS) is 11.1. The van der Waals surface area contributed by atoms with E-state index in [0.29, 0.717) is 11.3 Å². The second kappa shape index (κ2) is 5.09. The Kier molecular flexibility index (Phi) is 4.03. The molecule has 0 spiro atoms. The number of carbonyl (C=O) groups is 1. The number of benzene rings is 1. The van der Waals surface area contributed by atoms with E-state index in [1.54, 1.807) is 24.3 Å². The van der Waals surface area contributed by atoms with Crippen LogP contribution in [0.3, 0.4) is 0 Å². The molecule has 0 unspecified atom stereocenters. The number of Topliss-reactive ketones (excluding diaryl/α,β-unsaturated/α-hetero) is 1. The first kappa shape index (κ1) is 12.7. The first-order chi connectivity index (χ1) is 7.42. The van der Waals surface area contributed by atoms with Gasteiger partial charge in [-0.15, -0.1) is 0 Å². The summed E-state index contributed by atoms with van der Waals surface area (Å²) >= 11 is 0. The van der Waals surface area contributed by atoms with Gasteiger partial charge in [-0.1, -0.05) is 0 Å². The Morgan fingerprint density at radius 3 is 2.31 bits per heavy atom. The van der Waals surface area contributed by atoms with Crippen molar-refractivity contribution in [2.75, 3.05) is 19.9 Å². The van der Waals surface area contributed by atoms with Gasteiger partial charge in [0.2, 0.25) is 10.0 Å². The first-order valence-corrected chi connectivity index (χ1v) is 6.43. The van der Waals surface area contributed by atoms with Gasteiger partial charge in [-0.05, 0) is 24.3 Å². The van der Waals surface area contributed by atoms with Gasteiger partial charge >= 0.3 is 0 Å². The van der Waals surface area contributed by atoms with Crippen molar-refractivity contribution in [2.24, 2.45) is 0 Å². The van der Waals surface area contributed by atoms with Crippen molar-refractivity contribution in [1.82, 2.24) is 4.72 Å². The number of hydrogen-bond donors (Lipinski definition) is 1. The third-order valence-electron chi connectivity index (χ3n) is 1.91. The highest BCUT2D eigenvalue weighted by Gasteiger charge is 2.08. The number of carbonyl (C=O) groups excluding carboxylic acids is 1. The van der Waals surface area contributed by atoms with Crippen molar-refractivity contribution in [2.45, 2.75) is 0 Å². The standard InChI is InChI=1S/C10H13NO4S/c1-15-9-5-3-8(4-6-9)10(12)7-11-16(2,13)14/h3-6,11H,7H2,1-2H3. The van der Waals surface area contributed by atoms with Crippen LogP contribution in [-0.4, -0.2) is 34.1 Å². The number of rotatable bonds is 5. The summed E-state index contributed by atoms with van der Waals surface area (Å²) in [5, 5.41) is 0. The molecule has 0 saturated carbocycles. The fraction of sp³-hybridized carbons (Fsp3) is 0.300. The maximum atomic E-state index is 11.5. The van der Waals surface area contributed by atoms with Crippen LogP contribution in [0.25, 0.3) is 0 Å². The van der Waals surface area contributed by atoms with Gasteiger partial charge in [-0.25, -0.2) is 13.1 Å². The molecule has 0 radical (unpaired) electrons. The van der Waals surface area contributed by atoms with Crippen LogP contribution in [0, 0.1) is 0 Å². The number of methoxy groups -OCH3 is 1. The molecule has 0 heterocycles. The van der Waals surface area contributed by atoms with Gasteiger partial charge < -0.3 is 4.74 Å². The van der Waals surface area contributed by atoms with Crippen LogP contribution >= 0.6 is 0 Å². The molecule has 0 aliphatic rings. The van der Waals surface area contributed by atoms with Crippen molar-refractivity contribution in [1.29, 1.82) is 0 Å². The molecule has 5 nitrogen and oxygen atoms in total. The molecule has 0 atom stereocenters. The van der Waals surface area contributed by atoms with Crippen LogP contribution in [0.1, 0.15) is 10.4 Å². The predicted octanol–water partition coefficient (Wildman–Crippen LogP) is 0.427. The lowest BCUT2D eigenvalue weighted by Gasteiger charge is -2.03. The number of ketones is 1. The predicted molar refractivity (Wildman–Crippen MR) is 60.2 cm³/mol. The minimum absolute atomic E-state index is 0.231. The van der Waals surface area contributed by atoms with Gasteiger partial charge in [0.05, 0.1) is 19.9 Å². The third kappa shape index (κ3) is 4.00. The molecule has 0 aromatic heterocycles. The summed E-state index contributed by atoms with van der Waals surface area (Å²) in [5.74, 6) is 0.362. The molecule has 0 saturated heterocycles.